The average Bonchev–Trinajstić information content (AvgIpc) is 2.65. The lowest BCUT2D eigenvalue weighted by Crippen LogP contribution is -2.06. The molecule has 0 bridgehead atoms. The molecule has 0 spiro atoms. The number of hydrogen-bond donors (Lipinski definition) is 1. The maximum Gasteiger partial charge on any atom is 0.416 e. The molecule has 16 heavy (non-hydrogen) atoms. The number of benzene rings is 1. The zero-order valence-corrected chi connectivity index (χ0v) is 9.18. The predicted molar refractivity (Wildman–Crippen MR) is 55.9 cm³/mol. The zero-order valence-electron chi connectivity index (χ0n) is 9.18. The summed E-state index contributed by atoms with van der Waals surface area (Å²) in [5.74, 6) is 0.176. The van der Waals surface area contributed by atoms with Gasteiger partial charge in [0.05, 0.1) is 5.56 Å². The van der Waals surface area contributed by atoms with Crippen LogP contribution in [0.4, 0.5) is 13.2 Å². The maximum absolute atomic E-state index is 12.3. The average molecular weight is 229 g/mol. The van der Waals surface area contributed by atoms with Gasteiger partial charge in [-0.05, 0) is 23.1 Å². The van der Waals surface area contributed by atoms with E-state index in [2.05, 4.69) is 0 Å². The number of nitrogens with two attached hydrogens (primary N) is 1. The molecule has 0 heterocycles. The smallest absolute Gasteiger partial charge is 0.327 e. The molecule has 2 rings (SSSR count). The van der Waals surface area contributed by atoms with Crippen molar-refractivity contribution in [3.05, 3.63) is 35.4 Å². The van der Waals surface area contributed by atoms with Crippen molar-refractivity contribution in [3.8, 4) is 0 Å². The Morgan fingerprint density at radius 3 is 1.88 bits per heavy atom. The summed E-state index contributed by atoms with van der Waals surface area (Å²) in [6.45, 7) is 4.06. The van der Waals surface area contributed by atoms with Crippen molar-refractivity contribution in [2.24, 2.45) is 11.1 Å². The normalized spacial score (nSPS) is 27.9. The first-order valence-electron chi connectivity index (χ1n) is 5.17. The Morgan fingerprint density at radius 2 is 1.56 bits per heavy atom. The second-order valence-corrected chi connectivity index (χ2v) is 4.94. The lowest BCUT2D eigenvalue weighted by atomic mass is 10.0. The Balaban J connectivity index is 2.22. The highest BCUT2D eigenvalue weighted by molar-refractivity contribution is 5.36. The third-order valence-corrected chi connectivity index (χ3v) is 3.51. The van der Waals surface area contributed by atoms with Crippen LogP contribution in [-0.4, -0.2) is 6.04 Å². The summed E-state index contributed by atoms with van der Waals surface area (Å²) in [4.78, 5) is 0. The number of halogens is 3. The van der Waals surface area contributed by atoms with Gasteiger partial charge in [-0.3, -0.25) is 0 Å². The molecule has 0 saturated heterocycles. The topological polar surface area (TPSA) is 26.0 Å². The van der Waals surface area contributed by atoms with Gasteiger partial charge < -0.3 is 5.73 Å². The van der Waals surface area contributed by atoms with Gasteiger partial charge in [-0.15, -0.1) is 0 Å². The highest BCUT2D eigenvalue weighted by Gasteiger charge is 2.56. The fraction of sp³-hybridized carbons (Fsp3) is 0.500. The molecule has 1 aromatic rings. The lowest BCUT2D eigenvalue weighted by molar-refractivity contribution is -0.137. The van der Waals surface area contributed by atoms with Crippen molar-refractivity contribution < 1.29 is 13.2 Å². The third-order valence-electron chi connectivity index (χ3n) is 3.51. The van der Waals surface area contributed by atoms with Crippen LogP contribution in [0.25, 0.3) is 0 Å². The van der Waals surface area contributed by atoms with Gasteiger partial charge in [-0.2, -0.15) is 13.2 Å². The molecule has 0 aliphatic heterocycles. The molecule has 1 fully saturated rings. The molecule has 1 aliphatic carbocycles. The van der Waals surface area contributed by atoms with Crippen LogP contribution >= 0.6 is 0 Å². The fourth-order valence-corrected chi connectivity index (χ4v) is 2.19. The molecule has 0 aromatic heterocycles. The van der Waals surface area contributed by atoms with Crippen LogP contribution in [-0.2, 0) is 6.18 Å². The Bertz CT molecular complexity index is 392. The van der Waals surface area contributed by atoms with E-state index in [-0.39, 0.29) is 17.4 Å². The predicted octanol–water partition coefficient (Wildman–Crippen LogP) is 3.16. The maximum atomic E-state index is 12.3. The second-order valence-electron chi connectivity index (χ2n) is 4.94. The highest BCUT2D eigenvalue weighted by Crippen LogP contribution is 2.57. The Morgan fingerprint density at radius 1 is 1.12 bits per heavy atom. The van der Waals surface area contributed by atoms with Gasteiger partial charge in [0.1, 0.15) is 0 Å². The summed E-state index contributed by atoms with van der Waals surface area (Å²) in [6, 6.07) is 5.35. The minimum Gasteiger partial charge on any atom is -0.327 e. The molecule has 4 heteroatoms. The molecule has 88 valence electrons. The molecule has 1 saturated carbocycles. The summed E-state index contributed by atoms with van der Waals surface area (Å²) in [7, 11) is 0. The summed E-state index contributed by atoms with van der Waals surface area (Å²) in [5.41, 5.74) is 6.16. The number of rotatable bonds is 1. The summed E-state index contributed by atoms with van der Waals surface area (Å²) >= 11 is 0. The fourth-order valence-electron chi connectivity index (χ4n) is 2.19. The Kier molecular flexibility index (Phi) is 2.31. The molecule has 0 radical (unpaired) electrons. The van der Waals surface area contributed by atoms with Crippen molar-refractivity contribution in [2.45, 2.75) is 32.0 Å². The van der Waals surface area contributed by atoms with Gasteiger partial charge in [0, 0.05) is 12.0 Å². The van der Waals surface area contributed by atoms with E-state index < -0.39 is 11.7 Å². The van der Waals surface area contributed by atoms with Gasteiger partial charge in [0.2, 0.25) is 0 Å². The van der Waals surface area contributed by atoms with Crippen LogP contribution in [0.15, 0.2) is 24.3 Å². The van der Waals surface area contributed by atoms with Crippen molar-refractivity contribution in [2.75, 3.05) is 0 Å². The van der Waals surface area contributed by atoms with E-state index in [9.17, 15) is 13.2 Å². The summed E-state index contributed by atoms with van der Waals surface area (Å²) in [5, 5.41) is 0. The van der Waals surface area contributed by atoms with Gasteiger partial charge in [-0.25, -0.2) is 0 Å². The zero-order chi connectivity index (χ0) is 12.1. The molecule has 1 aromatic carbocycles. The van der Waals surface area contributed by atoms with Gasteiger partial charge in [-0.1, -0.05) is 26.0 Å². The van der Waals surface area contributed by atoms with Crippen molar-refractivity contribution >= 4 is 0 Å². The van der Waals surface area contributed by atoms with Crippen LogP contribution in [0, 0.1) is 5.41 Å². The minimum absolute atomic E-state index is 0.000249. The second kappa shape index (κ2) is 3.23. The van der Waals surface area contributed by atoms with Crippen LogP contribution in [0.3, 0.4) is 0 Å². The summed E-state index contributed by atoms with van der Waals surface area (Å²) in [6.07, 6.45) is -4.26. The first-order valence-corrected chi connectivity index (χ1v) is 5.17. The largest absolute Gasteiger partial charge is 0.416 e. The molecule has 0 unspecified atom stereocenters. The molecule has 2 atom stereocenters. The Hall–Kier alpha value is -1.03. The highest BCUT2D eigenvalue weighted by atomic mass is 19.4. The van der Waals surface area contributed by atoms with Crippen LogP contribution in [0.2, 0.25) is 0 Å². The van der Waals surface area contributed by atoms with E-state index in [1.807, 2.05) is 13.8 Å². The van der Waals surface area contributed by atoms with Gasteiger partial charge in [0.15, 0.2) is 0 Å². The van der Waals surface area contributed by atoms with Crippen molar-refractivity contribution in [3.63, 3.8) is 0 Å². The van der Waals surface area contributed by atoms with Gasteiger partial charge >= 0.3 is 6.18 Å². The SMILES string of the molecule is CC1(C)[C@@H](N)[C@@H]1c1ccc(C(F)(F)F)cc1. The van der Waals surface area contributed by atoms with E-state index in [1.165, 1.54) is 12.1 Å². The van der Waals surface area contributed by atoms with E-state index in [0.29, 0.717) is 0 Å². The molecule has 0 amide bonds. The molecule has 2 N–H and O–H groups in total. The van der Waals surface area contributed by atoms with E-state index in [4.69, 9.17) is 5.73 Å². The quantitative estimate of drug-likeness (QED) is 0.786. The molecular formula is C12H14F3N. The van der Waals surface area contributed by atoms with Crippen molar-refractivity contribution in [1.29, 1.82) is 0 Å². The lowest BCUT2D eigenvalue weighted by Gasteiger charge is -2.08. The minimum atomic E-state index is -4.26. The monoisotopic (exact) mass is 229 g/mol. The van der Waals surface area contributed by atoms with Crippen LogP contribution < -0.4 is 5.73 Å². The number of alkyl halides is 3. The van der Waals surface area contributed by atoms with E-state index in [1.54, 1.807) is 0 Å². The van der Waals surface area contributed by atoms with E-state index in [0.717, 1.165) is 17.7 Å². The number of hydrogen-bond acceptors (Lipinski definition) is 1. The third kappa shape index (κ3) is 1.71. The Labute approximate surface area is 92.5 Å². The standard InChI is InChI=1S/C12H14F3N/c1-11(2)9(10(11)16)7-3-5-8(6-4-7)12(13,14)15/h3-6,9-10H,16H2,1-2H3/t9-,10-/m0/s1. The van der Waals surface area contributed by atoms with Crippen molar-refractivity contribution in [1.82, 2.24) is 0 Å². The molecule has 1 nitrogen and oxygen atoms in total. The molecule has 1 aliphatic rings. The van der Waals surface area contributed by atoms with Gasteiger partial charge in [0.25, 0.3) is 0 Å². The first kappa shape index (κ1) is 11.5. The van der Waals surface area contributed by atoms with E-state index >= 15 is 0 Å². The first-order chi connectivity index (χ1) is 7.24. The molecular weight excluding hydrogens is 215 g/mol. The van der Waals surface area contributed by atoms with Crippen LogP contribution in [0.5, 0.6) is 0 Å². The van der Waals surface area contributed by atoms with Crippen LogP contribution in [0.1, 0.15) is 30.9 Å². The summed E-state index contributed by atoms with van der Waals surface area (Å²) < 4.78 is 37.0.